The molecule has 7 nitrogen and oxygen atoms in total. The van der Waals surface area contributed by atoms with Crippen molar-refractivity contribution in [3.63, 3.8) is 0 Å². The second kappa shape index (κ2) is 8.29. The van der Waals surface area contributed by atoms with Gasteiger partial charge in [0.25, 0.3) is 11.6 Å². The number of aliphatic hydroxyl groups excluding tert-OH is 1. The van der Waals surface area contributed by atoms with E-state index in [0.29, 0.717) is 24.1 Å². The molecule has 0 aromatic heterocycles. The van der Waals surface area contributed by atoms with Gasteiger partial charge in [0.1, 0.15) is 5.69 Å². The number of piperidine rings is 1. The summed E-state index contributed by atoms with van der Waals surface area (Å²) in [4.78, 5) is 25.4. The van der Waals surface area contributed by atoms with E-state index >= 15 is 0 Å². The van der Waals surface area contributed by atoms with Crippen LogP contribution in [-0.4, -0.2) is 42.2 Å². The molecule has 1 aromatic carbocycles. The maximum Gasteiger partial charge on any atom is 0.293 e. The zero-order chi connectivity index (χ0) is 18.6. The van der Waals surface area contributed by atoms with Gasteiger partial charge in [-0.3, -0.25) is 14.9 Å². The summed E-state index contributed by atoms with van der Waals surface area (Å²) in [6, 6.07) is 4.65. The lowest BCUT2D eigenvalue weighted by Gasteiger charge is -2.36. The second-order valence-electron chi connectivity index (χ2n) is 7.31. The fourth-order valence-corrected chi connectivity index (χ4v) is 3.37. The van der Waals surface area contributed by atoms with Crippen molar-refractivity contribution in [3.05, 3.63) is 33.9 Å². The van der Waals surface area contributed by atoms with Gasteiger partial charge in [-0.15, -0.1) is 0 Å². The molecule has 1 amide bonds. The first kappa shape index (κ1) is 19.2. The number of nitrogens with zero attached hydrogens (tertiary/aromatic N) is 2. The third kappa shape index (κ3) is 4.92. The van der Waals surface area contributed by atoms with Crippen molar-refractivity contribution in [2.45, 2.75) is 27.2 Å². The van der Waals surface area contributed by atoms with Gasteiger partial charge in [-0.2, -0.15) is 0 Å². The number of carbonyl (C=O) groups is 1. The van der Waals surface area contributed by atoms with Crippen molar-refractivity contribution in [1.82, 2.24) is 5.32 Å². The second-order valence-corrected chi connectivity index (χ2v) is 7.31. The molecular weight excluding hydrogens is 322 g/mol. The van der Waals surface area contributed by atoms with E-state index in [1.807, 2.05) is 11.8 Å². The molecule has 7 heteroatoms. The minimum atomic E-state index is -0.424. The summed E-state index contributed by atoms with van der Waals surface area (Å²) >= 11 is 0. The molecule has 2 N–H and O–H groups in total. The molecule has 3 unspecified atom stereocenters. The molecule has 0 saturated carbocycles. The van der Waals surface area contributed by atoms with Crippen LogP contribution < -0.4 is 10.2 Å². The molecule has 2 rings (SSSR count). The van der Waals surface area contributed by atoms with Gasteiger partial charge in [0.05, 0.1) is 4.92 Å². The van der Waals surface area contributed by atoms with Crippen LogP contribution in [0.4, 0.5) is 11.4 Å². The third-order valence-corrected chi connectivity index (χ3v) is 4.57. The van der Waals surface area contributed by atoms with Gasteiger partial charge in [-0.25, -0.2) is 0 Å². The highest BCUT2D eigenvalue weighted by Gasteiger charge is 2.27. The summed E-state index contributed by atoms with van der Waals surface area (Å²) in [7, 11) is 0. The standard InChI is InChI=1S/C18H27N3O4/c1-12-6-13(2)10-20(9-12)16-5-4-15(7-17(16)21(24)25)18(23)19-8-14(3)11-22/h4-5,7,12-14,22H,6,8-11H2,1-3H3,(H,19,23). The maximum atomic E-state index is 12.2. The van der Waals surface area contributed by atoms with Crippen LogP contribution in [0.5, 0.6) is 0 Å². The van der Waals surface area contributed by atoms with Gasteiger partial charge < -0.3 is 15.3 Å². The molecular formula is C18H27N3O4. The normalized spacial score (nSPS) is 21.7. The Bertz CT molecular complexity index is 625. The van der Waals surface area contributed by atoms with Crippen LogP contribution in [0.25, 0.3) is 0 Å². The van der Waals surface area contributed by atoms with Gasteiger partial charge in [0.15, 0.2) is 0 Å². The van der Waals surface area contributed by atoms with Crippen LogP contribution in [0.1, 0.15) is 37.6 Å². The lowest BCUT2D eigenvalue weighted by Crippen LogP contribution is -2.39. The first-order chi connectivity index (χ1) is 11.8. The van der Waals surface area contributed by atoms with Crippen LogP contribution in [-0.2, 0) is 0 Å². The number of benzene rings is 1. The first-order valence-electron chi connectivity index (χ1n) is 8.74. The summed E-state index contributed by atoms with van der Waals surface area (Å²) in [5.41, 5.74) is 0.798. The predicted octanol–water partition coefficient (Wildman–Crippen LogP) is 2.44. The number of aliphatic hydroxyl groups is 1. The molecule has 0 spiro atoms. The number of amides is 1. The fourth-order valence-electron chi connectivity index (χ4n) is 3.37. The number of nitro groups is 1. The summed E-state index contributed by atoms with van der Waals surface area (Å²) in [5.74, 6) is 0.530. The number of hydrogen-bond donors (Lipinski definition) is 2. The Morgan fingerprint density at radius 3 is 2.60 bits per heavy atom. The van der Waals surface area contributed by atoms with Crippen molar-refractivity contribution in [3.8, 4) is 0 Å². The molecule has 1 fully saturated rings. The van der Waals surface area contributed by atoms with Crippen molar-refractivity contribution in [1.29, 1.82) is 0 Å². The van der Waals surface area contributed by atoms with Gasteiger partial charge >= 0.3 is 0 Å². The predicted molar refractivity (Wildman–Crippen MR) is 96.8 cm³/mol. The fraction of sp³-hybridized carbons (Fsp3) is 0.611. The van der Waals surface area contributed by atoms with Crippen LogP contribution >= 0.6 is 0 Å². The highest BCUT2D eigenvalue weighted by Crippen LogP contribution is 2.33. The van der Waals surface area contributed by atoms with Gasteiger partial charge in [0, 0.05) is 37.9 Å². The Morgan fingerprint density at radius 1 is 1.40 bits per heavy atom. The minimum Gasteiger partial charge on any atom is -0.396 e. The number of rotatable bonds is 6. The Balaban J connectivity index is 2.22. The number of carbonyl (C=O) groups excluding carboxylic acids is 1. The first-order valence-corrected chi connectivity index (χ1v) is 8.74. The SMILES string of the molecule is CC(CO)CNC(=O)c1ccc(N2CC(C)CC(C)C2)c([N+](=O)[O-])c1. The maximum absolute atomic E-state index is 12.2. The highest BCUT2D eigenvalue weighted by molar-refractivity contribution is 5.95. The van der Waals surface area contributed by atoms with Gasteiger partial charge in [0.2, 0.25) is 0 Å². The van der Waals surface area contributed by atoms with E-state index in [0.717, 1.165) is 19.5 Å². The lowest BCUT2D eigenvalue weighted by molar-refractivity contribution is -0.384. The zero-order valence-corrected chi connectivity index (χ0v) is 15.1. The Kier molecular flexibility index (Phi) is 6.36. The van der Waals surface area contributed by atoms with Crippen molar-refractivity contribution in [2.24, 2.45) is 17.8 Å². The molecule has 1 aliphatic rings. The average molecular weight is 349 g/mol. The number of hydrogen-bond acceptors (Lipinski definition) is 5. The minimum absolute atomic E-state index is 0.0231. The summed E-state index contributed by atoms with van der Waals surface area (Å²) in [5, 5.41) is 23.2. The molecule has 1 aromatic rings. The molecule has 0 bridgehead atoms. The molecule has 0 radical (unpaired) electrons. The largest absolute Gasteiger partial charge is 0.396 e. The molecule has 0 aliphatic carbocycles. The van der Waals surface area contributed by atoms with Crippen LogP contribution in [0.3, 0.4) is 0 Å². The molecule has 1 aliphatic heterocycles. The van der Waals surface area contributed by atoms with Crippen LogP contribution in [0.15, 0.2) is 18.2 Å². The Hall–Kier alpha value is -2.15. The Morgan fingerprint density at radius 2 is 2.04 bits per heavy atom. The molecule has 25 heavy (non-hydrogen) atoms. The molecule has 1 heterocycles. The van der Waals surface area contributed by atoms with E-state index in [-0.39, 0.29) is 29.7 Å². The lowest BCUT2D eigenvalue weighted by atomic mass is 9.91. The van der Waals surface area contributed by atoms with Crippen molar-refractivity contribution in [2.75, 3.05) is 31.1 Å². The van der Waals surface area contributed by atoms with Crippen molar-refractivity contribution < 1.29 is 14.8 Å². The average Bonchev–Trinajstić information content (AvgIpc) is 2.57. The highest BCUT2D eigenvalue weighted by atomic mass is 16.6. The smallest absolute Gasteiger partial charge is 0.293 e. The quantitative estimate of drug-likeness (QED) is 0.607. The van der Waals surface area contributed by atoms with Crippen LogP contribution in [0.2, 0.25) is 0 Å². The van der Waals surface area contributed by atoms with E-state index in [2.05, 4.69) is 19.2 Å². The summed E-state index contributed by atoms with van der Waals surface area (Å²) in [6.07, 6.45) is 1.12. The monoisotopic (exact) mass is 349 g/mol. The topological polar surface area (TPSA) is 95.7 Å². The van der Waals surface area contributed by atoms with E-state index in [9.17, 15) is 14.9 Å². The van der Waals surface area contributed by atoms with E-state index in [1.165, 1.54) is 6.07 Å². The van der Waals surface area contributed by atoms with E-state index < -0.39 is 4.92 Å². The van der Waals surface area contributed by atoms with E-state index in [1.54, 1.807) is 12.1 Å². The van der Waals surface area contributed by atoms with Gasteiger partial charge in [-0.05, 0) is 36.3 Å². The van der Waals surface area contributed by atoms with Crippen molar-refractivity contribution >= 4 is 17.3 Å². The number of nitro benzene ring substituents is 1. The summed E-state index contributed by atoms with van der Waals surface area (Å²) in [6.45, 7) is 7.98. The molecule has 3 atom stereocenters. The number of anilines is 1. The van der Waals surface area contributed by atoms with Gasteiger partial charge in [-0.1, -0.05) is 20.8 Å². The zero-order valence-electron chi connectivity index (χ0n) is 15.1. The van der Waals surface area contributed by atoms with Crippen LogP contribution in [0, 0.1) is 27.9 Å². The molecule has 138 valence electrons. The Labute approximate surface area is 148 Å². The number of nitrogens with one attached hydrogen (secondary N) is 1. The van der Waals surface area contributed by atoms with E-state index in [4.69, 9.17) is 5.11 Å². The summed E-state index contributed by atoms with van der Waals surface area (Å²) < 4.78 is 0. The third-order valence-electron chi connectivity index (χ3n) is 4.57. The molecule has 1 saturated heterocycles.